The van der Waals surface area contributed by atoms with Crippen molar-refractivity contribution in [3.8, 4) is 16.9 Å². The summed E-state index contributed by atoms with van der Waals surface area (Å²) in [6.07, 6.45) is 0. The molecule has 0 radical (unpaired) electrons. The first kappa shape index (κ1) is 17.0. The average Bonchev–Trinajstić information content (AvgIpc) is 3.02. The van der Waals surface area contributed by atoms with Crippen LogP contribution < -0.4 is 11.2 Å². The number of aromatic amines is 2. The van der Waals surface area contributed by atoms with Crippen LogP contribution in [0.2, 0.25) is 0 Å². The summed E-state index contributed by atoms with van der Waals surface area (Å²) in [5, 5.41) is 11.2. The van der Waals surface area contributed by atoms with Crippen LogP contribution in [0.3, 0.4) is 0 Å². The van der Waals surface area contributed by atoms with Gasteiger partial charge in [-0.2, -0.15) is 0 Å². The van der Waals surface area contributed by atoms with Gasteiger partial charge in [-0.25, -0.2) is 4.79 Å². The van der Waals surface area contributed by atoms with Crippen LogP contribution in [0.25, 0.3) is 28.0 Å². The summed E-state index contributed by atoms with van der Waals surface area (Å²) in [5.74, 6) is 0. The maximum Gasteiger partial charge on any atom is 0.327 e. The number of fused-ring (bicyclic) bond motifs is 1. The Bertz CT molecular complexity index is 1280. The van der Waals surface area contributed by atoms with Crippen molar-refractivity contribution in [2.75, 3.05) is 0 Å². The van der Waals surface area contributed by atoms with Crippen LogP contribution in [0, 0.1) is 10.1 Å². The number of H-pyrrole nitrogens is 2. The Morgan fingerprint density at radius 3 is 2.26 bits per heavy atom. The lowest BCUT2D eigenvalue weighted by atomic mass is 10.1. The van der Waals surface area contributed by atoms with Gasteiger partial charge in [0.25, 0.3) is 11.2 Å². The number of rotatable bonds is 3. The van der Waals surface area contributed by atoms with Crippen molar-refractivity contribution in [2.24, 2.45) is 0 Å². The summed E-state index contributed by atoms with van der Waals surface area (Å²) in [6.45, 7) is 0. The summed E-state index contributed by atoms with van der Waals surface area (Å²) >= 11 is 3.39. The van der Waals surface area contributed by atoms with Crippen LogP contribution in [-0.2, 0) is 0 Å². The van der Waals surface area contributed by atoms with Gasteiger partial charge in [0.1, 0.15) is 5.65 Å². The molecule has 2 aromatic carbocycles. The first-order chi connectivity index (χ1) is 12.9. The van der Waals surface area contributed by atoms with Crippen molar-refractivity contribution in [1.82, 2.24) is 14.5 Å². The molecule has 134 valence electrons. The van der Waals surface area contributed by atoms with Crippen LogP contribution in [0.15, 0.2) is 68.7 Å². The lowest BCUT2D eigenvalue weighted by molar-refractivity contribution is -0.384. The highest BCUT2D eigenvalue weighted by Crippen LogP contribution is 2.30. The molecule has 0 spiro atoms. The minimum absolute atomic E-state index is 0.0493. The lowest BCUT2D eigenvalue weighted by Gasteiger charge is -2.11. The van der Waals surface area contributed by atoms with Crippen molar-refractivity contribution in [2.45, 2.75) is 0 Å². The number of nitro benzene ring substituents is 1. The van der Waals surface area contributed by atoms with Crippen LogP contribution >= 0.6 is 15.9 Å². The number of non-ortho nitro benzene ring substituents is 1. The molecule has 27 heavy (non-hydrogen) atoms. The van der Waals surface area contributed by atoms with Crippen LogP contribution in [-0.4, -0.2) is 19.5 Å². The second-order valence-corrected chi connectivity index (χ2v) is 6.73. The number of hydrogen-bond acceptors (Lipinski definition) is 4. The highest BCUT2D eigenvalue weighted by atomic mass is 79.9. The predicted molar refractivity (Wildman–Crippen MR) is 104 cm³/mol. The zero-order valence-electron chi connectivity index (χ0n) is 13.6. The van der Waals surface area contributed by atoms with Gasteiger partial charge in [0.15, 0.2) is 0 Å². The number of hydrogen-bond donors (Lipinski definition) is 2. The standard InChI is InChI=1S/C18H11BrN4O4/c19-11-3-1-10(2-4-11)15-9-14-16(20-18(25)21-17(14)24)22(15)12-5-7-13(8-6-12)23(26)27/h1-9H,(H2,20,21,24,25). The van der Waals surface area contributed by atoms with Gasteiger partial charge < -0.3 is 0 Å². The molecule has 0 bridgehead atoms. The summed E-state index contributed by atoms with van der Waals surface area (Å²) in [5.41, 5.74) is 1.19. The van der Waals surface area contributed by atoms with Gasteiger partial charge >= 0.3 is 5.69 Å². The second-order valence-electron chi connectivity index (χ2n) is 5.82. The van der Waals surface area contributed by atoms with Gasteiger partial charge in [0, 0.05) is 22.3 Å². The van der Waals surface area contributed by atoms with Crippen molar-refractivity contribution in [1.29, 1.82) is 0 Å². The molecular formula is C18H11BrN4O4. The van der Waals surface area contributed by atoms with E-state index in [1.54, 1.807) is 22.8 Å². The van der Waals surface area contributed by atoms with E-state index < -0.39 is 16.2 Å². The molecule has 8 nitrogen and oxygen atoms in total. The molecule has 2 heterocycles. The Morgan fingerprint density at radius 1 is 0.963 bits per heavy atom. The molecule has 0 saturated carbocycles. The summed E-state index contributed by atoms with van der Waals surface area (Å²) in [4.78, 5) is 39.3. The minimum Gasteiger partial charge on any atom is -0.295 e. The molecule has 4 aromatic rings. The average molecular weight is 427 g/mol. The van der Waals surface area contributed by atoms with Crippen molar-refractivity contribution >= 4 is 32.7 Å². The van der Waals surface area contributed by atoms with Crippen LogP contribution in [0.4, 0.5) is 5.69 Å². The smallest absolute Gasteiger partial charge is 0.295 e. The zero-order chi connectivity index (χ0) is 19.1. The molecule has 9 heteroatoms. The summed E-state index contributed by atoms with van der Waals surface area (Å²) < 4.78 is 2.59. The Kier molecular flexibility index (Phi) is 4.00. The van der Waals surface area contributed by atoms with E-state index in [4.69, 9.17) is 0 Å². The first-order valence-electron chi connectivity index (χ1n) is 7.83. The largest absolute Gasteiger partial charge is 0.327 e. The predicted octanol–water partition coefficient (Wildman–Crippen LogP) is 3.34. The third kappa shape index (κ3) is 2.97. The molecule has 0 fully saturated rings. The van der Waals surface area contributed by atoms with Crippen molar-refractivity contribution in [3.63, 3.8) is 0 Å². The van der Waals surface area contributed by atoms with E-state index >= 15 is 0 Å². The van der Waals surface area contributed by atoms with E-state index in [9.17, 15) is 19.7 Å². The van der Waals surface area contributed by atoms with Gasteiger partial charge in [-0.15, -0.1) is 0 Å². The Morgan fingerprint density at radius 2 is 1.63 bits per heavy atom. The van der Waals surface area contributed by atoms with Crippen molar-refractivity contribution in [3.05, 3.63) is 90.0 Å². The Balaban J connectivity index is 2.05. The summed E-state index contributed by atoms with van der Waals surface area (Å²) in [6, 6.07) is 15.0. The number of nitro groups is 1. The fourth-order valence-corrected chi connectivity index (χ4v) is 3.21. The van der Waals surface area contributed by atoms with Crippen LogP contribution in [0.5, 0.6) is 0 Å². The number of benzene rings is 2. The molecule has 0 aliphatic carbocycles. The summed E-state index contributed by atoms with van der Waals surface area (Å²) in [7, 11) is 0. The van der Waals surface area contributed by atoms with E-state index in [2.05, 4.69) is 25.9 Å². The van der Waals surface area contributed by atoms with Gasteiger partial charge in [-0.05, 0) is 35.9 Å². The van der Waals surface area contributed by atoms with E-state index in [0.29, 0.717) is 22.4 Å². The van der Waals surface area contributed by atoms with E-state index in [0.717, 1.165) is 10.0 Å². The monoisotopic (exact) mass is 426 g/mol. The molecular weight excluding hydrogens is 416 g/mol. The maximum atomic E-state index is 12.2. The minimum atomic E-state index is -0.629. The molecule has 0 aliphatic heterocycles. The van der Waals surface area contributed by atoms with Crippen LogP contribution in [0.1, 0.15) is 0 Å². The molecule has 0 amide bonds. The molecule has 0 unspecified atom stereocenters. The number of halogens is 1. The van der Waals surface area contributed by atoms with E-state index in [-0.39, 0.29) is 5.69 Å². The fourth-order valence-electron chi connectivity index (χ4n) is 2.94. The molecule has 2 N–H and O–H groups in total. The molecule has 0 atom stereocenters. The number of nitrogens with zero attached hydrogens (tertiary/aromatic N) is 2. The highest BCUT2D eigenvalue weighted by molar-refractivity contribution is 9.10. The Hall–Kier alpha value is -3.46. The first-order valence-corrected chi connectivity index (χ1v) is 8.62. The van der Waals surface area contributed by atoms with E-state index in [1.165, 1.54) is 12.1 Å². The molecule has 4 rings (SSSR count). The maximum absolute atomic E-state index is 12.2. The van der Waals surface area contributed by atoms with Gasteiger partial charge in [0.2, 0.25) is 0 Å². The third-order valence-corrected chi connectivity index (χ3v) is 4.69. The van der Waals surface area contributed by atoms with Gasteiger partial charge in [0.05, 0.1) is 16.0 Å². The molecule has 2 aromatic heterocycles. The fraction of sp³-hybridized carbons (Fsp3) is 0. The number of nitrogens with one attached hydrogen (secondary N) is 2. The van der Waals surface area contributed by atoms with Crippen molar-refractivity contribution < 1.29 is 4.92 Å². The quantitative estimate of drug-likeness (QED) is 0.386. The second kappa shape index (κ2) is 6.36. The zero-order valence-corrected chi connectivity index (χ0v) is 15.2. The van der Waals surface area contributed by atoms with Gasteiger partial charge in [-0.1, -0.05) is 28.1 Å². The lowest BCUT2D eigenvalue weighted by Crippen LogP contribution is -2.22. The normalized spacial score (nSPS) is 11.0. The van der Waals surface area contributed by atoms with E-state index in [1.807, 2.05) is 24.3 Å². The van der Waals surface area contributed by atoms with Gasteiger partial charge in [-0.3, -0.25) is 29.4 Å². The Labute approximate surface area is 159 Å². The SMILES string of the molecule is O=c1[nH]c(=O)c2cc(-c3ccc(Br)cc3)n(-c3ccc([N+](=O)[O-])cc3)c2[nH]1. The highest BCUT2D eigenvalue weighted by Gasteiger charge is 2.16. The third-order valence-electron chi connectivity index (χ3n) is 4.16. The molecule has 0 saturated heterocycles. The topological polar surface area (TPSA) is 114 Å². The molecule has 0 aliphatic rings. The number of aromatic nitrogens is 3.